The molecule has 0 aromatic carbocycles. The van der Waals surface area contributed by atoms with Crippen LogP contribution in [0.15, 0.2) is 142 Å². The van der Waals surface area contributed by atoms with Gasteiger partial charge in [0.1, 0.15) is 24.4 Å². The van der Waals surface area contributed by atoms with Crippen LogP contribution in [0.25, 0.3) is 0 Å². The molecular formula is C46H66O7. The molecule has 0 saturated carbocycles. The topological polar surface area (TPSA) is 120 Å². The van der Waals surface area contributed by atoms with Crippen molar-refractivity contribution in [2.24, 2.45) is 5.41 Å². The summed E-state index contributed by atoms with van der Waals surface area (Å²) in [7, 11) is 0. The highest BCUT2D eigenvalue weighted by Crippen LogP contribution is 2.41. The molecule has 0 bridgehead atoms. The number of hydrogen-bond donors (Lipinski definition) is 5. The van der Waals surface area contributed by atoms with Gasteiger partial charge in [0.2, 0.25) is 0 Å². The van der Waals surface area contributed by atoms with E-state index in [1.54, 1.807) is 26.8 Å². The summed E-state index contributed by atoms with van der Waals surface area (Å²) >= 11 is 0. The average Bonchev–Trinajstić information content (AvgIpc) is 3.04. The lowest BCUT2D eigenvalue weighted by Gasteiger charge is -2.41. The molecule has 292 valence electrons. The molecule has 7 atom stereocenters. The minimum Gasteiger partial charge on any atom is -0.393 e. The van der Waals surface area contributed by atoms with Gasteiger partial charge in [-0.1, -0.05) is 151 Å². The lowest BCUT2D eigenvalue weighted by molar-refractivity contribution is -0.309. The van der Waals surface area contributed by atoms with Gasteiger partial charge < -0.3 is 35.0 Å². The minimum absolute atomic E-state index is 0.0186. The Hall–Kier alpha value is -3.40. The van der Waals surface area contributed by atoms with Crippen LogP contribution >= 0.6 is 0 Å². The van der Waals surface area contributed by atoms with Gasteiger partial charge in [0.05, 0.1) is 17.8 Å². The van der Waals surface area contributed by atoms with Crippen molar-refractivity contribution >= 4 is 0 Å². The van der Waals surface area contributed by atoms with Crippen molar-refractivity contribution in [2.75, 3.05) is 0 Å². The summed E-state index contributed by atoms with van der Waals surface area (Å²) < 4.78 is 11.4. The maximum absolute atomic E-state index is 10.7. The zero-order valence-corrected chi connectivity index (χ0v) is 33.8. The molecule has 0 aromatic rings. The van der Waals surface area contributed by atoms with E-state index in [1.807, 2.05) is 62.5 Å². The summed E-state index contributed by atoms with van der Waals surface area (Å²) in [6.07, 6.45) is 28.8. The summed E-state index contributed by atoms with van der Waals surface area (Å²) in [5.74, 6) is 0. The Morgan fingerprint density at radius 3 is 1.64 bits per heavy atom. The number of aliphatic hydroxyl groups excluding tert-OH is 4. The number of aliphatic hydroxyl groups is 5. The van der Waals surface area contributed by atoms with Crippen molar-refractivity contribution in [1.82, 2.24) is 0 Å². The van der Waals surface area contributed by atoms with Crippen LogP contribution in [0.3, 0.4) is 0 Å². The molecule has 0 unspecified atom stereocenters. The van der Waals surface area contributed by atoms with Crippen LogP contribution in [0.2, 0.25) is 0 Å². The first-order valence-corrected chi connectivity index (χ1v) is 18.6. The van der Waals surface area contributed by atoms with Crippen molar-refractivity contribution in [2.45, 2.75) is 138 Å². The molecule has 0 radical (unpaired) electrons. The lowest BCUT2D eigenvalue weighted by atomic mass is 9.71. The molecular weight excluding hydrogens is 664 g/mol. The maximum Gasteiger partial charge on any atom is 0.187 e. The maximum atomic E-state index is 10.7. The van der Waals surface area contributed by atoms with Gasteiger partial charge in [-0.25, -0.2) is 0 Å². The van der Waals surface area contributed by atoms with Gasteiger partial charge in [-0.2, -0.15) is 0 Å². The van der Waals surface area contributed by atoms with E-state index in [0.29, 0.717) is 0 Å². The number of allylic oxidation sites excluding steroid dienone is 22. The SMILES string of the molecule is CC1=C(/C=C/C(C)=C/C=C/C(C)=C/C=C/C=C(C)/C=C/C=C(C)/C=C/C=C(C)/C=C/[C@H](O[C@H]2O[C@@H](C)[C@H](O)[C@@H](O)[C@H]2O)C(C)(C)O)C(C)(C)C[C@H](O)C1. The van der Waals surface area contributed by atoms with Crippen molar-refractivity contribution in [1.29, 1.82) is 0 Å². The lowest BCUT2D eigenvalue weighted by Crippen LogP contribution is -2.58. The molecule has 53 heavy (non-hydrogen) atoms. The number of ether oxygens (including phenoxy) is 2. The van der Waals surface area contributed by atoms with E-state index >= 15 is 0 Å². The monoisotopic (exact) mass is 730 g/mol. The van der Waals surface area contributed by atoms with E-state index in [2.05, 4.69) is 90.2 Å². The largest absolute Gasteiger partial charge is 0.393 e. The zero-order valence-electron chi connectivity index (χ0n) is 33.8. The van der Waals surface area contributed by atoms with Crippen LogP contribution in [0.1, 0.15) is 89.0 Å². The highest BCUT2D eigenvalue weighted by atomic mass is 16.7. The summed E-state index contributed by atoms with van der Waals surface area (Å²) in [5, 5.41) is 51.2. The molecule has 1 aliphatic heterocycles. The summed E-state index contributed by atoms with van der Waals surface area (Å²) in [4.78, 5) is 0. The Balaban J connectivity index is 1.90. The first kappa shape index (κ1) is 45.8. The summed E-state index contributed by atoms with van der Waals surface area (Å²) in [5.41, 5.74) is 6.72. The standard InChI is InChI=1S/C46H66O7/c1-31(17-12-13-18-32(2)20-15-23-34(4)25-27-39-36(6)29-38(47)30-45(39,8)9)19-14-21-33(3)22-16-24-35(5)26-28-40(46(10,11)51)53-44-43(50)42(49)41(48)37(7)52-44/h12-28,37-38,40-44,47-51H,29-30H2,1-11H3/b13-12+,19-14+,20-15+,22-16+,27-25+,28-26+,31-17+,32-18+,33-21+,34-23+,35-24+/t37-,38+,40-,41-,42+,43+,44+/m0/s1. The van der Waals surface area contributed by atoms with Crippen molar-refractivity contribution in [3.8, 4) is 0 Å². The fourth-order valence-electron chi connectivity index (χ4n) is 6.10. The van der Waals surface area contributed by atoms with Gasteiger partial charge in [0.15, 0.2) is 6.29 Å². The third-order valence-corrected chi connectivity index (χ3v) is 9.29. The Kier molecular flexibility index (Phi) is 18.5. The molecule has 2 rings (SSSR count). The van der Waals surface area contributed by atoms with Gasteiger partial charge in [-0.3, -0.25) is 0 Å². The van der Waals surface area contributed by atoms with Gasteiger partial charge in [-0.05, 0) is 86.1 Å². The van der Waals surface area contributed by atoms with Crippen molar-refractivity contribution < 1.29 is 35.0 Å². The highest BCUT2D eigenvalue weighted by Gasteiger charge is 2.44. The molecule has 7 nitrogen and oxygen atoms in total. The fraction of sp³-hybridized carbons (Fsp3) is 0.478. The van der Waals surface area contributed by atoms with Crippen LogP contribution in [0, 0.1) is 5.41 Å². The highest BCUT2D eigenvalue weighted by molar-refractivity contribution is 5.38. The van der Waals surface area contributed by atoms with E-state index in [9.17, 15) is 25.5 Å². The molecule has 1 fully saturated rings. The molecule has 7 heteroatoms. The first-order chi connectivity index (χ1) is 24.7. The molecule has 0 spiro atoms. The second-order valence-electron chi connectivity index (χ2n) is 15.7. The Bertz CT molecular complexity index is 1580. The molecule has 0 aromatic heterocycles. The molecule has 1 aliphatic carbocycles. The molecule has 1 saturated heterocycles. The van der Waals surface area contributed by atoms with Crippen LogP contribution in [0.4, 0.5) is 0 Å². The molecule has 2 aliphatic rings. The summed E-state index contributed by atoms with van der Waals surface area (Å²) in [6, 6.07) is 0. The second kappa shape index (κ2) is 21.5. The molecule has 5 N–H and O–H groups in total. The number of hydrogen-bond acceptors (Lipinski definition) is 7. The van der Waals surface area contributed by atoms with Gasteiger partial charge >= 0.3 is 0 Å². The first-order valence-electron chi connectivity index (χ1n) is 18.6. The van der Waals surface area contributed by atoms with Crippen molar-refractivity contribution in [3.63, 3.8) is 0 Å². The van der Waals surface area contributed by atoms with E-state index in [-0.39, 0.29) is 11.5 Å². The third-order valence-electron chi connectivity index (χ3n) is 9.29. The van der Waals surface area contributed by atoms with Gasteiger partial charge in [-0.15, -0.1) is 0 Å². The Labute approximate surface area is 319 Å². The van der Waals surface area contributed by atoms with E-state index < -0.39 is 42.4 Å². The van der Waals surface area contributed by atoms with Crippen LogP contribution in [-0.4, -0.2) is 74.0 Å². The van der Waals surface area contributed by atoms with E-state index in [0.717, 1.165) is 35.1 Å². The Morgan fingerprint density at radius 1 is 0.717 bits per heavy atom. The molecule has 1 heterocycles. The predicted octanol–water partition coefficient (Wildman–Crippen LogP) is 8.54. The molecule has 0 amide bonds. The van der Waals surface area contributed by atoms with Gasteiger partial charge in [0, 0.05) is 0 Å². The van der Waals surface area contributed by atoms with Crippen molar-refractivity contribution in [3.05, 3.63) is 142 Å². The minimum atomic E-state index is -1.45. The van der Waals surface area contributed by atoms with E-state index in [1.165, 1.54) is 16.7 Å². The predicted molar refractivity (Wildman–Crippen MR) is 219 cm³/mol. The smallest absolute Gasteiger partial charge is 0.187 e. The van der Waals surface area contributed by atoms with Crippen LogP contribution < -0.4 is 0 Å². The second-order valence-corrected chi connectivity index (χ2v) is 15.7. The summed E-state index contributed by atoms with van der Waals surface area (Å²) in [6.45, 7) is 21.5. The van der Waals surface area contributed by atoms with Crippen LogP contribution in [-0.2, 0) is 9.47 Å². The van der Waals surface area contributed by atoms with E-state index in [4.69, 9.17) is 9.47 Å². The van der Waals surface area contributed by atoms with Gasteiger partial charge in [0.25, 0.3) is 0 Å². The number of rotatable bonds is 15. The normalized spacial score (nSPS) is 28.3. The fourth-order valence-corrected chi connectivity index (χ4v) is 6.10. The zero-order chi connectivity index (χ0) is 39.9. The van der Waals surface area contributed by atoms with Crippen LogP contribution in [0.5, 0.6) is 0 Å². The average molecular weight is 731 g/mol. The third kappa shape index (κ3) is 16.2. The quantitative estimate of drug-likeness (QED) is 0.107. The Morgan fingerprint density at radius 2 is 1.17 bits per heavy atom.